The van der Waals surface area contributed by atoms with Gasteiger partial charge in [0.15, 0.2) is 5.82 Å². The van der Waals surface area contributed by atoms with Gasteiger partial charge in [-0.15, -0.1) is 0 Å². The maximum Gasteiger partial charge on any atom is 0.418 e. The van der Waals surface area contributed by atoms with Crippen LogP contribution in [0.25, 0.3) is 22.3 Å². The summed E-state index contributed by atoms with van der Waals surface area (Å²) in [5.74, 6) is -1.50. The molecule has 0 saturated carbocycles. The second kappa shape index (κ2) is 13.7. The smallest absolute Gasteiger partial charge is 0.418 e. The highest BCUT2D eigenvalue weighted by Gasteiger charge is 2.49. The molecule has 17 heteroatoms. The number of aromatic nitrogens is 4. The summed E-state index contributed by atoms with van der Waals surface area (Å²) in [6, 6.07) is 2.57. The van der Waals surface area contributed by atoms with E-state index < -0.39 is 46.7 Å². The van der Waals surface area contributed by atoms with E-state index in [2.05, 4.69) is 30.9 Å². The third-order valence-electron chi connectivity index (χ3n) is 10.8. The molecule has 4 aliphatic heterocycles. The standard InChI is InChI=1S/C35H39F5N10O2/c1-20-14-25(42)44-30(27(20)35(38,39)40)31-28(37)29-24(16-43-31)32(46-33(45-29)52-19-34-8-3-10-49(34)17-21(36)15-34)48-12-13-50(23(18-48)6-9-41)26(51)5-4-22-7-11-47(22)2/h4-5,14,16,21-23H,3,6-8,10-13,15,17-19H2,1-2H3,(H2,42,44)/b5-4+/t21-,22?,23+,34+/m1/s1. The summed E-state index contributed by atoms with van der Waals surface area (Å²) in [5.41, 5.74) is 1.95. The molecular weight excluding hydrogens is 687 g/mol. The number of rotatable bonds is 8. The molecule has 0 aromatic carbocycles. The van der Waals surface area contributed by atoms with Crippen LogP contribution in [0.3, 0.4) is 0 Å². The Kier molecular flexibility index (Phi) is 9.40. The van der Waals surface area contributed by atoms with Crippen LogP contribution in [0.5, 0.6) is 6.01 Å². The highest BCUT2D eigenvalue weighted by atomic mass is 19.4. The predicted molar refractivity (Wildman–Crippen MR) is 181 cm³/mol. The maximum absolute atomic E-state index is 16.7. The van der Waals surface area contributed by atoms with Gasteiger partial charge in [0.2, 0.25) is 5.91 Å². The molecule has 2 N–H and O–H groups in total. The van der Waals surface area contributed by atoms with Gasteiger partial charge in [-0.3, -0.25) is 19.6 Å². The van der Waals surface area contributed by atoms with Gasteiger partial charge in [-0.1, -0.05) is 6.08 Å². The number of likely N-dealkylation sites (N-methyl/N-ethyl adjacent to an activating group) is 1. The van der Waals surface area contributed by atoms with Gasteiger partial charge in [-0.05, 0) is 51.4 Å². The fraction of sp³-hybridized carbons (Fsp3) is 0.543. The van der Waals surface area contributed by atoms with Crippen molar-refractivity contribution < 1.29 is 31.5 Å². The zero-order valence-corrected chi connectivity index (χ0v) is 28.8. The minimum absolute atomic E-state index is 0.00592. The Bertz CT molecular complexity index is 1950. The summed E-state index contributed by atoms with van der Waals surface area (Å²) < 4.78 is 80.1. The van der Waals surface area contributed by atoms with Crippen molar-refractivity contribution in [3.63, 3.8) is 0 Å². The third kappa shape index (κ3) is 6.58. The number of aryl methyl sites for hydroxylation is 1. The number of amides is 1. The second-order valence-electron chi connectivity index (χ2n) is 14.2. The molecule has 7 heterocycles. The van der Waals surface area contributed by atoms with Crippen molar-refractivity contribution in [1.29, 1.82) is 5.26 Å². The van der Waals surface area contributed by atoms with Crippen LogP contribution in [0, 0.1) is 24.1 Å². The van der Waals surface area contributed by atoms with E-state index in [9.17, 15) is 27.6 Å². The topological polar surface area (TPSA) is 141 Å². The molecule has 4 fully saturated rings. The number of hydrogen-bond acceptors (Lipinski definition) is 11. The van der Waals surface area contributed by atoms with Crippen LogP contribution in [-0.4, -0.2) is 117 Å². The van der Waals surface area contributed by atoms with E-state index in [-0.39, 0.29) is 91.7 Å². The zero-order valence-electron chi connectivity index (χ0n) is 28.8. The molecule has 12 nitrogen and oxygen atoms in total. The van der Waals surface area contributed by atoms with Crippen molar-refractivity contribution >= 4 is 28.4 Å². The molecule has 1 unspecified atom stereocenters. The van der Waals surface area contributed by atoms with Crippen molar-refractivity contribution in [2.75, 3.05) is 63.6 Å². The number of nitriles is 1. The van der Waals surface area contributed by atoms with Crippen LogP contribution in [0.2, 0.25) is 0 Å². The summed E-state index contributed by atoms with van der Waals surface area (Å²) in [6.07, 6.45) is 1.41. The van der Waals surface area contributed by atoms with Crippen LogP contribution in [-0.2, 0) is 11.0 Å². The van der Waals surface area contributed by atoms with Gasteiger partial charge < -0.3 is 20.3 Å². The Balaban J connectivity index is 1.28. The zero-order chi connectivity index (χ0) is 36.9. The molecule has 276 valence electrons. The van der Waals surface area contributed by atoms with Gasteiger partial charge in [0.1, 0.15) is 41.3 Å². The number of anilines is 2. The molecule has 52 heavy (non-hydrogen) atoms. The molecule has 1 amide bonds. The molecular formula is C35H39F5N10O2. The van der Waals surface area contributed by atoms with Crippen molar-refractivity contribution in [2.45, 2.75) is 69.0 Å². The fourth-order valence-corrected chi connectivity index (χ4v) is 8.05. The second-order valence-corrected chi connectivity index (χ2v) is 14.2. The van der Waals surface area contributed by atoms with Crippen molar-refractivity contribution in [3.05, 3.63) is 41.4 Å². The SMILES string of the molecule is Cc1cc(N)nc(-c2ncc3c(N4CCN(C(=O)/C=C/C5CCN5C)[C@@H](CC#N)C4)nc(OC[C@@]45CCCN4C[C@H](F)C5)nc3c2F)c1C(F)(F)F. The van der Waals surface area contributed by atoms with E-state index in [0.29, 0.717) is 13.0 Å². The number of fused-ring (bicyclic) bond motifs is 2. The lowest BCUT2D eigenvalue weighted by molar-refractivity contribution is -0.137. The van der Waals surface area contributed by atoms with E-state index in [1.807, 2.05) is 18.0 Å². The predicted octanol–water partition coefficient (Wildman–Crippen LogP) is 4.28. The number of nitrogens with zero attached hydrogens (tertiary/aromatic N) is 9. The van der Waals surface area contributed by atoms with Gasteiger partial charge in [0, 0.05) is 57.5 Å². The lowest BCUT2D eigenvalue weighted by atomic mass is 9.95. The first-order chi connectivity index (χ1) is 24.8. The Morgan fingerprint density at radius 1 is 1.17 bits per heavy atom. The average molecular weight is 727 g/mol. The molecule has 3 aromatic heterocycles. The molecule has 0 aliphatic carbocycles. The van der Waals surface area contributed by atoms with Crippen molar-refractivity contribution in [2.24, 2.45) is 0 Å². The number of pyridine rings is 2. The van der Waals surface area contributed by atoms with Crippen molar-refractivity contribution in [1.82, 2.24) is 34.6 Å². The highest BCUT2D eigenvalue weighted by Crippen LogP contribution is 2.42. The summed E-state index contributed by atoms with van der Waals surface area (Å²) >= 11 is 0. The van der Waals surface area contributed by atoms with E-state index in [0.717, 1.165) is 25.5 Å². The van der Waals surface area contributed by atoms with Crippen molar-refractivity contribution in [3.8, 4) is 23.5 Å². The van der Waals surface area contributed by atoms with E-state index in [4.69, 9.17) is 10.5 Å². The molecule has 0 bridgehead atoms. The molecule has 4 atom stereocenters. The number of piperazine rings is 1. The van der Waals surface area contributed by atoms with Crippen LogP contribution in [0.1, 0.15) is 43.2 Å². The maximum atomic E-state index is 16.7. The van der Waals surface area contributed by atoms with Crippen LogP contribution in [0.15, 0.2) is 24.4 Å². The van der Waals surface area contributed by atoms with Gasteiger partial charge >= 0.3 is 12.2 Å². The number of nitrogen functional groups attached to an aromatic ring is 1. The lowest BCUT2D eigenvalue weighted by Crippen LogP contribution is -2.55. The number of nitrogens with two attached hydrogens (primary N) is 1. The summed E-state index contributed by atoms with van der Waals surface area (Å²) in [5, 5.41) is 9.77. The fourth-order valence-electron chi connectivity index (χ4n) is 8.05. The quantitative estimate of drug-likeness (QED) is 0.263. The summed E-state index contributed by atoms with van der Waals surface area (Å²) in [4.78, 5) is 37.8. The van der Waals surface area contributed by atoms with E-state index in [1.54, 1.807) is 9.80 Å². The molecule has 7 rings (SSSR count). The highest BCUT2D eigenvalue weighted by molar-refractivity contribution is 5.92. The third-order valence-corrected chi connectivity index (χ3v) is 10.8. The normalized spacial score (nSPS) is 25.5. The van der Waals surface area contributed by atoms with Gasteiger partial charge in [0.05, 0.1) is 35.0 Å². The number of carbonyl (C=O) groups excluding carboxylic acids is 1. The average Bonchev–Trinajstić information content (AvgIpc) is 3.61. The minimum Gasteiger partial charge on any atom is -0.461 e. The largest absolute Gasteiger partial charge is 0.461 e. The Labute approximate surface area is 297 Å². The number of hydrogen-bond donors (Lipinski definition) is 1. The Morgan fingerprint density at radius 3 is 2.69 bits per heavy atom. The van der Waals surface area contributed by atoms with Gasteiger partial charge in [-0.2, -0.15) is 28.4 Å². The first-order valence-corrected chi connectivity index (χ1v) is 17.3. The number of likely N-dealkylation sites (tertiary alicyclic amines) is 1. The molecule has 0 spiro atoms. The Morgan fingerprint density at radius 2 is 1.98 bits per heavy atom. The van der Waals surface area contributed by atoms with E-state index in [1.165, 1.54) is 19.2 Å². The van der Waals surface area contributed by atoms with E-state index >= 15 is 4.39 Å². The summed E-state index contributed by atoms with van der Waals surface area (Å²) in [6.45, 7) is 3.74. The monoisotopic (exact) mass is 726 g/mol. The van der Waals surface area contributed by atoms with Crippen LogP contribution < -0.4 is 15.4 Å². The molecule has 4 saturated heterocycles. The molecule has 0 radical (unpaired) electrons. The number of alkyl halides is 4. The lowest BCUT2D eigenvalue weighted by Gasteiger charge is -2.41. The van der Waals surface area contributed by atoms with Crippen LogP contribution in [0.4, 0.5) is 33.6 Å². The van der Waals surface area contributed by atoms with Gasteiger partial charge in [0.25, 0.3) is 0 Å². The minimum atomic E-state index is -4.90. The molecule has 4 aliphatic rings. The molecule has 3 aromatic rings. The first kappa shape index (κ1) is 35.7. The Hall–Kier alpha value is -4.69. The number of halogens is 5. The number of ether oxygens (including phenoxy) is 1. The summed E-state index contributed by atoms with van der Waals surface area (Å²) in [7, 11) is 1.97. The number of carbonyl (C=O) groups is 1. The van der Waals surface area contributed by atoms with Gasteiger partial charge in [-0.25, -0.2) is 13.8 Å². The van der Waals surface area contributed by atoms with Crippen LogP contribution >= 0.6 is 0 Å². The first-order valence-electron chi connectivity index (χ1n) is 17.3.